The van der Waals surface area contributed by atoms with Crippen LogP contribution in [0.15, 0.2) is 12.1 Å². The zero-order valence-corrected chi connectivity index (χ0v) is 15.5. The van der Waals surface area contributed by atoms with E-state index < -0.39 is 43.0 Å². The second-order valence-electron chi connectivity index (χ2n) is 6.71. The van der Waals surface area contributed by atoms with Gasteiger partial charge >= 0.3 is 0 Å². The van der Waals surface area contributed by atoms with Gasteiger partial charge in [-0.3, -0.25) is 0 Å². The first-order chi connectivity index (χ1) is 11.5. The standard InChI is InChI=1S/C18H18F5OP/c1-8-6-9(18(2,3)4)16(24-5)10(7-8)25-17-14(22)12(20)11(19)13(21)15(17)23/h6-7,25H,1-5H3. The van der Waals surface area contributed by atoms with E-state index in [1.54, 1.807) is 13.0 Å². The Morgan fingerprint density at radius 2 is 1.32 bits per heavy atom. The highest BCUT2D eigenvalue weighted by Crippen LogP contribution is 2.35. The van der Waals surface area contributed by atoms with Crippen LogP contribution in [-0.2, 0) is 5.41 Å². The monoisotopic (exact) mass is 376 g/mol. The lowest BCUT2D eigenvalue weighted by Crippen LogP contribution is -2.22. The second kappa shape index (κ2) is 6.91. The molecular formula is C18H18F5OP. The summed E-state index contributed by atoms with van der Waals surface area (Å²) in [7, 11) is 0.629. The van der Waals surface area contributed by atoms with Gasteiger partial charge in [0.05, 0.1) is 12.4 Å². The van der Waals surface area contributed by atoms with E-state index in [0.717, 1.165) is 11.1 Å². The number of aryl methyl sites for hydroxylation is 1. The summed E-state index contributed by atoms with van der Waals surface area (Å²) in [6.45, 7) is 7.61. The van der Waals surface area contributed by atoms with Crippen LogP contribution >= 0.6 is 8.58 Å². The van der Waals surface area contributed by atoms with Crippen molar-refractivity contribution in [2.45, 2.75) is 33.1 Å². The average molecular weight is 376 g/mol. The Kier molecular flexibility index (Phi) is 5.43. The van der Waals surface area contributed by atoms with Crippen molar-refractivity contribution in [1.82, 2.24) is 0 Å². The third-order valence-corrected chi connectivity index (χ3v) is 5.04. The fourth-order valence-electron chi connectivity index (χ4n) is 2.49. The summed E-state index contributed by atoms with van der Waals surface area (Å²) in [6.07, 6.45) is 0. The normalized spacial score (nSPS) is 12.2. The smallest absolute Gasteiger partial charge is 0.200 e. The Hall–Kier alpha value is -1.68. The predicted molar refractivity (Wildman–Crippen MR) is 90.2 cm³/mol. The van der Waals surface area contributed by atoms with Crippen LogP contribution in [0, 0.1) is 36.0 Å². The van der Waals surface area contributed by atoms with Gasteiger partial charge in [-0.2, -0.15) is 0 Å². The fraction of sp³-hybridized carbons (Fsp3) is 0.333. The molecule has 1 nitrogen and oxygen atoms in total. The molecule has 0 N–H and O–H groups in total. The third kappa shape index (κ3) is 3.64. The largest absolute Gasteiger partial charge is 0.496 e. The van der Waals surface area contributed by atoms with Gasteiger partial charge in [0.15, 0.2) is 23.3 Å². The van der Waals surface area contributed by atoms with Crippen molar-refractivity contribution in [2.24, 2.45) is 0 Å². The molecule has 25 heavy (non-hydrogen) atoms. The SMILES string of the molecule is COc1c(Pc2c(F)c(F)c(F)c(F)c2F)cc(C)cc1C(C)(C)C. The molecule has 0 amide bonds. The molecule has 0 saturated carbocycles. The quantitative estimate of drug-likeness (QED) is 0.329. The molecule has 1 unspecified atom stereocenters. The van der Waals surface area contributed by atoms with Crippen molar-refractivity contribution < 1.29 is 26.7 Å². The van der Waals surface area contributed by atoms with Gasteiger partial charge in [-0.25, -0.2) is 22.0 Å². The van der Waals surface area contributed by atoms with Crippen molar-refractivity contribution in [3.05, 3.63) is 52.3 Å². The summed E-state index contributed by atoms with van der Waals surface area (Å²) < 4.78 is 73.5. The molecule has 7 heteroatoms. The predicted octanol–water partition coefficient (Wildman–Crippen LogP) is 4.63. The summed E-state index contributed by atoms with van der Waals surface area (Å²) in [5, 5.41) is -0.462. The van der Waals surface area contributed by atoms with E-state index in [9.17, 15) is 22.0 Å². The molecule has 0 aliphatic rings. The maximum atomic E-state index is 14.0. The van der Waals surface area contributed by atoms with Crippen LogP contribution in [0.1, 0.15) is 31.9 Å². The molecule has 0 fully saturated rings. The molecule has 136 valence electrons. The summed E-state index contributed by atoms with van der Waals surface area (Å²) in [6, 6.07) is 3.51. The first kappa shape index (κ1) is 19.6. The summed E-state index contributed by atoms with van der Waals surface area (Å²) >= 11 is 0. The first-order valence-electron chi connectivity index (χ1n) is 7.46. The molecule has 0 heterocycles. The zero-order chi connectivity index (χ0) is 19.1. The van der Waals surface area contributed by atoms with Gasteiger partial charge in [0.25, 0.3) is 0 Å². The summed E-state index contributed by atoms with van der Waals surface area (Å²) in [5.41, 5.74) is 1.27. The summed E-state index contributed by atoms with van der Waals surface area (Å²) in [4.78, 5) is 0. The van der Waals surface area contributed by atoms with Crippen LogP contribution < -0.4 is 15.3 Å². The van der Waals surface area contributed by atoms with Crippen LogP contribution in [0.3, 0.4) is 0 Å². The minimum atomic E-state index is -2.16. The van der Waals surface area contributed by atoms with Gasteiger partial charge in [-0.1, -0.05) is 26.8 Å². The Labute approximate surface area is 145 Å². The van der Waals surface area contributed by atoms with Crippen LogP contribution in [0.5, 0.6) is 5.75 Å². The Balaban J connectivity index is 2.69. The maximum Gasteiger partial charge on any atom is 0.200 e. The Morgan fingerprint density at radius 3 is 1.76 bits per heavy atom. The van der Waals surface area contributed by atoms with E-state index in [0.29, 0.717) is 11.1 Å². The molecule has 0 saturated heterocycles. The molecule has 1 atom stereocenters. The zero-order valence-electron chi connectivity index (χ0n) is 14.5. The molecule has 0 aliphatic carbocycles. The van der Waals surface area contributed by atoms with E-state index in [1.807, 2.05) is 26.8 Å². The number of hydrogen-bond acceptors (Lipinski definition) is 1. The molecule has 0 spiro atoms. The molecule has 2 rings (SSSR count). The lowest BCUT2D eigenvalue weighted by molar-refractivity contribution is 0.384. The molecule has 0 radical (unpaired) electrons. The topological polar surface area (TPSA) is 9.23 Å². The highest BCUT2D eigenvalue weighted by molar-refractivity contribution is 7.55. The summed E-state index contributed by atoms with van der Waals surface area (Å²) in [5.74, 6) is -9.27. The average Bonchev–Trinajstić information content (AvgIpc) is 2.53. The second-order valence-corrected chi connectivity index (χ2v) is 8.00. The molecular weight excluding hydrogens is 358 g/mol. The highest BCUT2D eigenvalue weighted by Gasteiger charge is 2.28. The van der Waals surface area contributed by atoms with Crippen molar-refractivity contribution in [3.63, 3.8) is 0 Å². The molecule has 0 bridgehead atoms. The number of ether oxygens (including phenoxy) is 1. The lowest BCUT2D eigenvalue weighted by atomic mass is 9.85. The van der Waals surface area contributed by atoms with Crippen molar-refractivity contribution in [2.75, 3.05) is 7.11 Å². The van der Waals surface area contributed by atoms with Crippen LogP contribution in [0.4, 0.5) is 22.0 Å². The lowest BCUT2D eigenvalue weighted by Gasteiger charge is -2.25. The van der Waals surface area contributed by atoms with E-state index in [2.05, 4.69) is 0 Å². The van der Waals surface area contributed by atoms with Gasteiger partial charge in [0.1, 0.15) is 5.75 Å². The van der Waals surface area contributed by atoms with E-state index in [-0.39, 0.29) is 5.41 Å². The van der Waals surface area contributed by atoms with Gasteiger partial charge in [-0.05, 0) is 32.5 Å². The fourth-order valence-corrected chi connectivity index (χ4v) is 3.85. The molecule has 2 aromatic rings. The molecule has 0 aromatic heterocycles. The van der Waals surface area contributed by atoms with Crippen LogP contribution in [0.2, 0.25) is 0 Å². The number of methoxy groups -OCH3 is 1. The van der Waals surface area contributed by atoms with Gasteiger partial charge in [0.2, 0.25) is 5.82 Å². The van der Waals surface area contributed by atoms with Gasteiger partial charge < -0.3 is 4.74 Å². The number of rotatable bonds is 3. The minimum absolute atomic E-state index is 0.326. The maximum absolute atomic E-state index is 14.0. The van der Waals surface area contributed by atoms with Crippen LogP contribution in [-0.4, -0.2) is 7.11 Å². The van der Waals surface area contributed by atoms with Crippen molar-refractivity contribution in [1.29, 1.82) is 0 Å². The van der Waals surface area contributed by atoms with Crippen LogP contribution in [0.25, 0.3) is 0 Å². The highest BCUT2D eigenvalue weighted by atomic mass is 31.1. The molecule has 0 aliphatic heterocycles. The van der Waals surface area contributed by atoms with E-state index >= 15 is 0 Å². The minimum Gasteiger partial charge on any atom is -0.496 e. The number of hydrogen-bond donors (Lipinski definition) is 0. The Morgan fingerprint density at radius 1 is 0.840 bits per heavy atom. The van der Waals surface area contributed by atoms with Crippen molar-refractivity contribution >= 4 is 19.2 Å². The van der Waals surface area contributed by atoms with Gasteiger partial charge in [0, 0.05) is 10.9 Å². The van der Waals surface area contributed by atoms with Gasteiger partial charge in [-0.15, -0.1) is 0 Å². The third-order valence-electron chi connectivity index (χ3n) is 3.71. The van der Waals surface area contributed by atoms with E-state index in [4.69, 9.17) is 4.74 Å². The Bertz CT molecular complexity index is 798. The first-order valence-corrected chi connectivity index (χ1v) is 8.46. The van der Waals surface area contributed by atoms with E-state index in [1.165, 1.54) is 7.11 Å². The molecule has 2 aromatic carbocycles. The number of halogens is 5. The van der Waals surface area contributed by atoms with Crippen molar-refractivity contribution in [3.8, 4) is 5.75 Å². The number of benzene rings is 2.